The van der Waals surface area contributed by atoms with E-state index in [1.807, 2.05) is 30.3 Å². The van der Waals surface area contributed by atoms with Gasteiger partial charge in [0.05, 0.1) is 17.3 Å². The molecule has 2 aromatic rings. The number of anilines is 1. The summed E-state index contributed by atoms with van der Waals surface area (Å²) in [5, 5.41) is 12.3. The predicted octanol–water partition coefficient (Wildman–Crippen LogP) is 2.95. The number of aliphatic hydroxyl groups excluding tert-OH is 1. The largest absolute Gasteiger partial charge is 0.395 e. The number of hydrogen-bond acceptors (Lipinski definition) is 3. The molecule has 7 heteroatoms. The highest BCUT2D eigenvalue weighted by Gasteiger charge is 2.22. The van der Waals surface area contributed by atoms with Crippen molar-refractivity contribution in [2.24, 2.45) is 0 Å². The summed E-state index contributed by atoms with van der Waals surface area (Å²) >= 11 is 11.8. The second-order valence-electron chi connectivity index (χ2n) is 5.01. The van der Waals surface area contributed by atoms with E-state index in [1.165, 1.54) is 17.0 Å². The molecule has 2 amide bonds. The average molecular weight is 367 g/mol. The molecule has 0 fully saturated rings. The lowest BCUT2D eigenvalue weighted by atomic mass is 10.2. The van der Waals surface area contributed by atoms with Crippen LogP contribution in [0.2, 0.25) is 10.0 Å². The summed E-state index contributed by atoms with van der Waals surface area (Å²) in [5.41, 5.74) is 1.15. The monoisotopic (exact) mass is 366 g/mol. The molecule has 0 aliphatic carbocycles. The zero-order valence-corrected chi connectivity index (χ0v) is 14.2. The summed E-state index contributed by atoms with van der Waals surface area (Å²) in [7, 11) is 0. The van der Waals surface area contributed by atoms with E-state index >= 15 is 0 Å². The minimum atomic E-state index is -0.830. The Kier molecular flexibility index (Phi) is 6.61. The van der Waals surface area contributed by atoms with Crippen molar-refractivity contribution in [3.63, 3.8) is 0 Å². The van der Waals surface area contributed by atoms with Crippen molar-refractivity contribution in [1.29, 1.82) is 0 Å². The van der Waals surface area contributed by atoms with Gasteiger partial charge >= 0.3 is 11.8 Å². The van der Waals surface area contributed by atoms with E-state index < -0.39 is 11.8 Å². The van der Waals surface area contributed by atoms with Crippen molar-refractivity contribution in [2.75, 3.05) is 18.5 Å². The molecule has 2 N–H and O–H groups in total. The van der Waals surface area contributed by atoms with Gasteiger partial charge in [-0.15, -0.1) is 0 Å². The van der Waals surface area contributed by atoms with Gasteiger partial charge in [0, 0.05) is 18.1 Å². The number of halogens is 2. The number of nitrogens with one attached hydrogen (secondary N) is 1. The van der Waals surface area contributed by atoms with E-state index in [2.05, 4.69) is 5.32 Å². The lowest BCUT2D eigenvalue weighted by Crippen LogP contribution is -2.40. The second-order valence-corrected chi connectivity index (χ2v) is 5.86. The molecule has 0 aliphatic rings. The zero-order valence-electron chi connectivity index (χ0n) is 12.7. The smallest absolute Gasteiger partial charge is 0.313 e. The second kappa shape index (κ2) is 8.68. The standard InChI is InChI=1S/C17H16Cl2N2O3/c18-13-6-7-15(14(19)10-13)20-16(23)17(24)21(8-9-22)11-12-4-2-1-3-5-12/h1-7,10,22H,8-9,11H2,(H,20,23). The zero-order chi connectivity index (χ0) is 17.5. The number of carbonyl (C=O) groups is 2. The molecule has 0 spiro atoms. The van der Waals surface area contributed by atoms with Gasteiger partial charge in [0.25, 0.3) is 0 Å². The van der Waals surface area contributed by atoms with Gasteiger partial charge in [0.2, 0.25) is 0 Å². The lowest BCUT2D eigenvalue weighted by Gasteiger charge is -2.21. The fourth-order valence-corrected chi connectivity index (χ4v) is 2.54. The fourth-order valence-electron chi connectivity index (χ4n) is 2.09. The molecule has 2 rings (SSSR count). The maximum Gasteiger partial charge on any atom is 0.313 e. The van der Waals surface area contributed by atoms with Gasteiger partial charge in [-0.25, -0.2) is 0 Å². The first kappa shape index (κ1) is 18.3. The summed E-state index contributed by atoms with van der Waals surface area (Å²) < 4.78 is 0. The van der Waals surface area contributed by atoms with E-state index in [4.69, 9.17) is 28.3 Å². The topological polar surface area (TPSA) is 69.6 Å². The van der Waals surface area contributed by atoms with Crippen LogP contribution in [0.3, 0.4) is 0 Å². The van der Waals surface area contributed by atoms with Crippen LogP contribution in [0.25, 0.3) is 0 Å². The van der Waals surface area contributed by atoms with Crippen LogP contribution in [-0.4, -0.2) is 35.0 Å². The summed E-state index contributed by atoms with van der Waals surface area (Å²) in [4.78, 5) is 25.8. The van der Waals surface area contributed by atoms with Crippen LogP contribution in [0.1, 0.15) is 5.56 Å². The summed E-state index contributed by atoms with van der Waals surface area (Å²) in [6.07, 6.45) is 0. The fraction of sp³-hybridized carbons (Fsp3) is 0.176. The molecule has 0 heterocycles. The normalized spacial score (nSPS) is 10.3. The Bertz CT molecular complexity index is 723. The maximum absolute atomic E-state index is 12.4. The van der Waals surface area contributed by atoms with Gasteiger partial charge in [-0.3, -0.25) is 9.59 Å². The van der Waals surface area contributed by atoms with Crippen molar-refractivity contribution in [3.8, 4) is 0 Å². The maximum atomic E-state index is 12.4. The molecule has 5 nitrogen and oxygen atoms in total. The number of nitrogens with zero attached hydrogens (tertiary/aromatic N) is 1. The SMILES string of the molecule is O=C(Nc1ccc(Cl)cc1Cl)C(=O)N(CCO)Cc1ccccc1. The van der Waals surface area contributed by atoms with E-state index in [0.29, 0.717) is 10.7 Å². The van der Waals surface area contributed by atoms with E-state index in [9.17, 15) is 9.59 Å². The van der Waals surface area contributed by atoms with Crippen LogP contribution in [0.15, 0.2) is 48.5 Å². The first-order valence-electron chi connectivity index (χ1n) is 7.21. The Balaban J connectivity index is 2.09. The summed E-state index contributed by atoms with van der Waals surface area (Å²) in [5.74, 6) is -1.58. The Morgan fingerprint density at radius 2 is 1.79 bits per heavy atom. The van der Waals surface area contributed by atoms with Crippen LogP contribution in [0.4, 0.5) is 5.69 Å². The van der Waals surface area contributed by atoms with Gasteiger partial charge in [-0.1, -0.05) is 53.5 Å². The number of benzene rings is 2. The van der Waals surface area contributed by atoms with Gasteiger partial charge in [0.1, 0.15) is 0 Å². The van der Waals surface area contributed by atoms with Gasteiger partial charge in [-0.2, -0.15) is 0 Å². The van der Waals surface area contributed by atoms with Gasteiger partial charge < -0.3 is 15.3 Å². The molecule has 0 atom stereocenters. The predicted molar refractivity (Wildman–Crippen MR) is 94.0 cm³/mol. The van der Waals surface area contributed by atoms with Crippen LogP contribution in [0, 0.1) is 0 Å². The Morgan fingerprint density at radius 3 is 2.42 bits per heavy atom. The Labute approximate surface area is 149 Å². The molecule has 0 saturated heterocycles. The van der Waals surface area contributed by atoms with Crippen molar-refractivity contribution in [3.05, 3.63) is 64.1 Å². The lowest BCUT2D eigenvalue weighted by molar-refractivity contribution is -0.143. The quantitative estimate of drug-likeness (QED) is 0.799. The number of aliphatic hydroxyl groups is 1. The van der Waals surface area contributed by atoms with Crippen LogP contribution >= 0.6 is 23.2 Å². The highest BCUT2D eigenvalue weighted by molar-refractivity contribution is 6.42. The average Bonchev–Trinajstić information content (AvgIpc) is 2.57. The number of hydrogen-bond donors (Lipinski definition) is 2. The third-order valence-electron chi connectivity index (χ3n) is 3.25. The highest BCUT2D eigenvalue weighted by atomic mass is 35.5. The third-order valence-corrected chi connectivity index (χ3v) is 3.79. The molecule has 0 aromatic heterocycles. The molecule has 0 unspecified atom stereocenters. The number of rotatable bonds is 5. The van der Waals surface area contributed by atoms with Crippen molar-refractivity contribution in [1.82, 2.24) is 4.90 Å². The summed E-state index contributed by atoms with van der Waals surface area (Å²) in [6, 6.07) is 13.8. The third kappa shape index (κ3) is 4.96. The first-order valence-corrected chi connectivity index (χ1v) is 7.97. The van der Waals surface area contributed by atoms with Crippen molar-refractivity contribution >= 4 is 40.7 Å². The Morgan fingerprint density at radius 1 is 1.08 bits per heavy atom. The number of carbonyl (C=O) groups excluding carboxylic acids is 2. The molecular weight excluding hydrogens is 351 g/mol. The van der Waals surface area contributed by atoms with Crippen molar-refractivity contribution in [2.45, 2.75) is 6.54 Å². The van der Waals surface area contributed by atoms with Gasteiger partial charge in [-0.05, 0) is 23.8 Å². The van der Waals surface area contributed by atoms with E-state index in [-0.39, 0.29) is 24.7 Å². The molecule has 0 bridgehead atoms. The van der Waals surface area contributed by atoms with Crippen LogP contribution in [0.5, 0.6) is 0 Å². The van der Waals surface area contributed by atoms with Crippen molar-refractivity contribution < 1.29 is 14.7 Å². The Hall–Kier alpha value is -2.08. The minimum absolute atomic E-state index is 0.0511. The van der Waals surface area contributed by atoms with Crippen LogP contribution in [-0.2, 0) is 16.1 Å². The molecular formula is C17H16Cl2N2O3. The van der Waals surface area contributed by atoms with Crippen LogP contribution < -0.4 is 5.32 Å². The molecule has 2 aromatic carbocycles. The summed E-state index contributed by atoms with van der Waals surface area (Å²) in [6.45, 7) is 0.0328. The van der Waals surface area contributed by atoms with E-state index in [0.717, 1.165) is 5.56 Å². The molecule has 24 heavy (non-hydrogen) atoms. The first-order chi connectivity index (χ1) is 11.5. The molecule has 126 valence electrons. The molecule has 0 radical (unpaired) electrons. The minimum Gasteiger partial charge on any atom is -0.395 e. The van der Waals surface area contributed by atoms with E-state index in [1.54, 1.807) is 6.07 Å². The molecule has 0 saturated carbocycles. The number of amides is 2. The molecule has 0 aliphatic heterocycles. The highest BCUT2D eigenvalue weighted by Crippen LogP contribution is 2.25. The van der Waals surface area contributed by atoms with Gasteiger partial charge in [0.15, 0.2) is 0 Å².